The summed E-state index contributed by atoms with van der Waals surface area (Å²) in [6, 6.07) is 5.05. The Kier molecular flexibility index (Phi) is 3.64. The second-order valence-corrected chi connectivity index (χ2v) is 5.37. The van der Waals surface area contributed by atoms with Gasteiger partial charge in [-0.3, -0.25) is 0 Å². The summed E-state index contributed by atoms with van der Waals surface area (Å²) in [5.41, 5.74) is -0.168. The normalized spacial score (nSPS) is 18.9. The average Bonchev–Trinajstić information content (AvgIpc) is 2.33. The largest absolute Gasteiger partial charge is 0.549 e. The van der Waals surface area contributed by atoms with Gasteiger partial charge in [0.2, 0.25) is 0 Å². The van der Waals surface area contributed by atoms with Gasteiger partial charge in [0.25, 0.3) is 0 Å². The lowest BCUT2D eigenvalue weighted by Gasteiger charge is -2.38. The Morgan fingerprint density at radius 3 is 2.29 bits per heavy atom. The number of rotatable bonds is 2. The lowest BCUT2D eigenvalue weighted by molar-refractivity contribution is -0.315. The molecule has 17 heavy (non-hydrogen) atoms. The summed E-state index contributed by atoms with van der Waals surface area (Å²) in [5, 5.41) is 12.3. The second-order valence-electron chi connectivity index (χ2n) is 4.56. The molecular weight excluding hydrogens is 259 g/mol. The van der Waals surface area contributed by atoms with E-state index in [0.717, 1.165) is 19.3 Å². The number of aliphatic carboxylic acids is 1. The van der Waals surface area contributed by atoms with Gasteiger partial charge in [-0.15, -0.1) is 0 Å². The van der Waals surface area contributed by atoms with Gasteiger partial charge in [0, 0.05) is 5.41 Å². The van der Waals surface area contributed by atoms with Crippen LogP contribution in [0.5, 0.6) is 0 Å². The smallest absolute Gasteiger partial charge is 0.0595 e. The molecule has 0 amide bonds. The van der Waals surface area contributed by atoms with Crippen molar-refractivity contribution in [3.05, 3.63) is 33.8 Å². The van der Waals surface area contributed by atoms with Crippen molar-refractivity contribution in [1.29, 1.82) is 0 Å². The van der Waals surface area contributed by atoms with Crippen molar-refractivity contribution < 1.29 is 9.90 Å². The molecule has 0 atom stereocenters. The van der Waals surface area contributed by atoms with E-state index in [0.29, 0.717) is 28.5 Å². The summed E-state index contributed by atoms with van der Waals surface area (Å²) in [6.07, 6.45) is 4.14. The number of carboxylic acid groups (broad SMARTS) is 1. The fourth-order valence-corrected chi connectivity index (χ4v) is 2.86. The van der Waals surface area contributed by atoms with Crippen LogP contribution in [-0.2, 0) is 10.2 Å². The standard InChI is InChI=1S/C13H14Cl2O2/c14-10-5-4-9(8-11(10)15)13(12(16)17)6-2-1-3-7-13/h4-5,8H,1-3,6-7H2,(H,16,17)/p-1. The lowest BCUT2D eigenvalue weighted by atomic mass is 9.69. The first-order chi connectivity index (χ1) is 8.06. The number of carbonyl (C=O) groups is 1. The first kappa shape index (κ1) is 12.7. The Bertz CT molecular complexity index is 437. The fourth-order valence-electron chi connectivity index (χ4n) is 2.56. The molecule has 0 N–H and O–H groups in total. The molecule has 0 radical (unpaired) electrons. The second kappa shape index (κ2) is 4.87. The highest BCUT2D eigenvalue weighted by Crippen LogP contribution is 2.40. The van der Waals surface area contributed by atoms with Crippen molar-refractivity contribution in [2.45, 2.75) is 37.5 Å². The molecule has 0 spiro atoms. The van der Waals surface area contributed by atoms with E-state index in [2.05, 4.69) is 0 Å². The van der Waals surface area contributed by atoms with Crippen LogP contribution in [-0.4, -0.2) is 5.97 Å². The van der Waals surface area contributed by atoms with Gasteiger partial charge in [-0.25, -0.2) is 0 Å². The third kappa shape index (κ3) is 2.29. The third-order valence-electron chi connectivity index (χ3n) is 3.57. The molecule has 92 valence electrons. The van der Waals surface area contributed by atoms with Crippen LogP contribution < -0.4 is 5.11 Å². The van der Waals surface area contributed by atoms with Gasteiger partial charge in [-0.1, -0.05) is 48.5 Å². The van der Waals surface area contributed by atoms with Gasteiger partial charge in [-0.2, -0.15) is 0 Å². The molecule has 2 rings (SSSR count). The third-order valence-corrected chi connectivity index (χ3v) is 4.31. The van der Waals surface area contributed by atoms with Crippen LogP contribution in [0.2, 0.25) is 10.0 Å². The molecule has 0 heterocycles. The van der Waals surface area contributed by atoms with E-state index in [4.69, 9.17) is 23.2 Å². The predicted molar refractivity (Wildman–Crippen MR) is 66.2 cm³/mol. The van der Waals surface area contributed by atoms with E-state index >= 15 is 0 Å². The maximum absolute atomic E-state index is 11.5. The van der Waals surface area contributed by atoms with Crippen LogP contribution in [0.4, 0.5) is 0 Å². The first-order valence-electron chi connectivity index (χ1n) is 5.73. The van der Waals surface area contributed by atoms with E-state index in [-0.39, 0.29) is 0 Å². The van der Waals surface area contributed by atoms with Gasteiger partial charge in [0.15, 0.2) is 0 Å². The number of hydrogen-bond donors (Lipinski definition) is 0. The highest BCUT2D eigenvalue weighted by atomic mass is 35.5. The molecule has 2 nitrogen and oxygen atoms in total. The van der Waals surface area contributed by atoms with Crippen LogP contribution in [0.3, 0.4) is 0 Å². The monoisotopic (exact) mass is 271 g/mol. The summed E-state index contributed by atoms with van der Waals surface area (Å²) in [5.74, 6) is -1.00. The van der Waals surface area contributed by atoms with Crippen molar-refractivity contribution in [2.24, 2.45) is 0 Å². The molecule has 1 aliphatic rings. The highest BCUT2D eigenvalue weighted by molar-refractivity contribution is 6.42. The maximum atomic E-state index is 11.5. The fraction of sp³-hybridized carbons (Fsp3) is 0.462. The van der Waals surface area contributed by atoms with Gasteiger partial charge in [0.1, 0.15) is 0 Å². The highest BCUT2D eigenvalue weighted by Gasteiger charge is 2.35. The van der Waals surface area contributed by atoms with Crippen molar-refractivity contribution >= 4 is 29.2 Å². The zero-order chi connectivity index (χ0) is 12.5. The van der Waals surface area contributed by atoms with E-state index < -0.39 is 11.4 Å². The Balaban J connectivity index is 2.45. The molecule has 1 aliphatic carbocycles. The summed E-state index contributed by atoms with van der Waals surface area (Å²) in [7, 11) is 0. The first-order valence-corrected chi connectivity index (χ1v) is 6.49. The average molecular weight is 272 g/mol. The number of carboxylic acids is 1. The van der Waals surface area contributed by atoms with Gasteiger partial charge in [0.05, 0.1) is 16.0 Å². The van der Waals surface area contributed by atoms with Gasteiger partial charge in [-0.05, 0) is 30.5 Å². The Labute approximate surface area is 111 Å². The summed E-state index contributed by atoms with van der Waals surface area (Å²) in [6.45, 7) is 0. The van der Waals surface area contributed by atoms with E-state index in [1.165, 1.54) is 0 Å². The number of hydrogen-bond acceptors (Lipinski definition) is 2. The van der Waals surface area contributed by atoms with E-state index in [1.807, 2.05) is 0 Å². The van der Waals surface area contributed by atoms with Crippen LogP contribution in [0.1, 0.15) is 37.7 Å². The van der Waals surface area contributed by atoms with Gasteiger partial charge >= 0.3 is 0 Å². The minimum Gasteiger partial charge on any atom is -0.549 e. The maximum Gasteiger partial charge on any atom is 0.0595 e. The lowest BCUT2D eigenvalue weighted by Crippen LogP contribution is -2.47. The Morgan fingerprint density at radius 1 is 1.12 bits per heavy atom. The summed E-state index contributed by atoms with van der Waals surface area (Å²) < 4.78 is 0. The van der Waals surface area contributed by atoms with Gasteiger partial charge < -0.3 is 9.90 Å². The van der Waals surface area contributed by atoms with Crippen LogP contribution in [0.15, 0.2) is 18.2 Å². The van der Waals surface area contributed by atoms with Crippen LogP contribution in [0.25, 0.3) is 0 Å². The number of carbonyl (C=O) groups excluding carboxylic acids is 1. The zero-order valence-electron chi connectivity index (χ0n) is 9.34. The summed E-state index contributed by atoms with van der Waals surface area (Å²) in [4.78, 5) is 11.5. The van der Waals surface area contributed by atoms with Crippen LogP contribution in [0, 0.1) is 0 Å². The molecule has 0 aromatic heterocycles. The molecule has 0 saturated heterocycles. The minimum absolute atomic E-state index is 0.398. The van der Waals surface area contributed by atoms with E-state index in [9.17, 15) is 9.90 Å². The molecule has 4 heteroatoms. The molecule has 1 fully saturated rings. The molecule has 1 aromatic rings. The predicted octanol–water partition coefficient (Wildman–Crippen LogP) is 2.95. The minimum atomic E-state index is -1.00. The van der Waals surface area contributed by atoms with E-state index in [1.54, 1.807) is 18.2 Å². The molecule has 1 aromatic carbocycles. The van der Waals surface area contributed by atoms with Crippen molar-refractivity contribution in [1.82, 2.24) is 0 Å². The number of halogens is 2. The molecule has 0 aliphatic heterocycles. The molecular formula is C13H13Cl2O2-. The van der Waals surface area contributed by atoms with Crippen LogP contribution >= 0.6 is 23.2 Å². The summed E-state index contributed by atoms with van der Waals surface area (Å²) >= 11 is 11.8. The quantitative estimate of drug-likeness (QED) is 0.830. The topological polar surface area (TPSA) is 40.1 Å². The molecule has 0 unspecified atom stereocenters. The molecule has 0 bridgehead atoms. The van der Waals surface area contributed by atoms with Crippen molar-refractivity contribution in [3.63, 3.8) is 0 Å². The molecule has 1 saturated carbocycles. The van der Waals surface area contributed by atoms with Crippen molar-refractivity contribution in [3.8, 4) is 0 Å². The zero-order valence-corrected chi connectivity index (χ0v) is 10.9. The van der Waals surface area contributed by atoms with Crippen molar-refractivity contribution in [2.75, 3.05) is 0 Å². The Hall–Kier alpha value is -0.730. The number of benzene rings is 1. The SMILES string of the molecule is O=C([O-])C1(c2ccc(Cl)c(Cl)c2)CCCCC1. The Morgan fingerprint density at radius 2 is 1.76 bits per heavy atom.